The molecule has 62 valence electrons. The first-order chi connectivity index (χ1) is 5.53. The van der Waals surface area contributed by atoms with Crippen LogP contribution in [0.1, 0.15) is 6.92 Å². The molecule has 0 aromatic heterocycles. The molecule has 2 heterocycles. The second kappa shape index (κ2) is 1.95. The molecular weight excluding hydrogens is 176 g/mol. The summed E-state index contributed by atoms with van der Waals surface area (Å²) in [6.45, 7) is 1.36. The molecule has 0 aromatic rings. The van der Waals surface area contributed by atoms with E-state index >= 15 is 0 Å². The molecule has 0 saturated heterocycles. The van der Waals surface area contributed by atoms with Crippen LogP contribution < -0.4 is 0 Å². The van der Waals surface area contributed by atoms with Crippen LogP contribution in [0.25, 0.3) is 0 Å². The minimum atomic E-state index is -3.28. The molecule has 0 N–H and O–H groups in total. The van der Waals surface area contributed by atoms with Gasteiger partial charge in [0.2, 0.25) is 9.84 Å². The third-order valence-electron chi connectivity index (χ3n) is 1.93. The molecule has 12 heavy (non-hydrogen) atoms. The number of Topliss-reactive ketones (excluding diaryl/α,β-unsaturated/α-hetero) is 1. The molecule has 2 bridgehead atoms. The fourth-order valence-corrected chi connectivity index (χ4v) is 2.83. The lowest BCUT2D eigenvalue weighted by Crippen LogP contribution is -1.98. The number of carbonyl (C=O) groups is 1. The summed E-state index contributed by atoms with van der Waals surface area (Å²) >= 11 is 0. The van der Waals surface area contributed by atoms with Gasteiger partial charge in [-0.15, -0.1) is 0 Å². The molecule has 0 fully saturated rings. The van der Waals surface area contributed by atoms with Crippen molar-refractivity contribution in [3.63, 3.8) is 0 Å². The summed E-state index contributed by atoms with van der Waals surface area (Å²) in [6.07, 6.45) is 4.41. The lowest BCUT2D eigenvalue weighted by molar-refractivity contribution is -0.113. The van der Waals surface area contributed by atoms with Crippen LogP contribution in [-0.4, -0.2) is 14.2 Å². The van der Waals surface area contributed by atoms with Gasteiger partial charge in [-0.1, -0.05) is 0 Å². The Labute approximate surface area is 70.0 Å². The van der Waals surface area contributed by atoms with E-state index in [1.165, 1.54) is 25.2 Å². The van der Waals surface area contributed by atoms with Gasteiger partial charge in [0.25, 0.3) is 0 Å². The Hall–Kier alpha value is -1.16. The predicted molar refractivity (Wildman–Crippen MR) is 43.8 cm³/mol. The van der Waals surface area contributed by atoms with E-state index in [1.54, 1.807) is 0 Å². The van der Waals surface area contributed by atoms with Crippen molar-refractivity contribution in [1.82, 2.24) is 0 Å². The quantitative estimate of drug-likeness (QED) is 0.600. The summed E-state index contributed by atoms with van der Waals surface area (Å²) in [7, 11) is -3.28. The first-order valence-corrected chi connectivity index (χ1v) is 4.92. The highest BCUT2D eigenvalue weighted by Gasteiger charge is 2.35. The van der Waals surface area contributed by atoms with Gasteiger partial charge in [0.05, 0.1) is 9.81 Å². The van der Waals surface area contributed by atoms with E-state index in [1.807, 2.05) is 0 Å². The van der Waals surface area contributed by atoms with Crippen LogP contribution in [0, 0.1) is 0 Å². The van der Waals surface area contributed by atoms with Gasteiger partial charge in [0.15, 0.2) is 5.78 Å². The second-order valence-corrected chi connectivity index (χ2v) is 4.64. The zero-order valence-corrected chi connectivity index (χ0v) is 7.18. The van der Waals surface area contributed by atoms with Gasteiger partial charge in [0.1, 0.15) is 0 Å². The largest absolute Gasteiger partial charge is 0.294 e. The zero-order chi connectivity index (χ0) is 8.93. The molecule has 0 aliphatic carbocycles. The van der Waals surface area contributed by atoms with Gasteiger partial charge in [-0.2, -0.15) is 0 Å². The molecule has 3 nitrogen and oxygen atoms in total. The summed E-state index contributed by atoms with van der Waals surface area (Å²) in [5.74, 6) is -0.201. The molecule has 0 spiro atoms. The van der Waals surface area contributed by atoms with Crippen molar-refractivity contribution in [1.29, 1.82) is 0 Å². The monoisotopic (exact) mass is 182 g/mol. The van der Waals surface area contributed by atoms with Gasteiger partial charge >= 0.3 is 0 Å². The van der Waals surface area contributed by atoms with Gasteiger partial charge in [-0.05, 0) is 25.2 Å². The van der Waals surface area contributed by atoms with Crippen LogP contribution in [0.4, 0.5) is 0 Å². The summed E-state index contributed by atoms with van der Waals surface area (Å²) < 4.78 is 22.7. The van der Waals surface area contributed by atoms with Gasteiger partial charge in [-0.3, -0.25) is 4.79 Å². The number of allylic oxidation sites excluding steroid dienone is 4. The number of rotatable bonds is 1. The van der Waals surface area contributed by atoms with Crippen LogP contribution in [0.15, 0.2) is 33.6 Å². The van der Waals surface area contributed by atoms with E-state index in [4.69, 9.17) is 0 Å². The minimum absolute atomic E-state index is 0.157. The number of sulfone groups is 1. The van der Waals surface area contributed by atoms with Crippen molar-refractivity contribution < 1.29 is 13.2 Å². The van der Waals surface area contributed by atoms with Gasteiger partial charge in [0, 0.05) is 5.57 Å². The molecular formula is C8H6O3S. The van der Waals surface area contributed by atoms with E-state index in [2.05, 4.69) is 0 Å². The molecule has 4 heteroatoms. The highest BCUT2D eigenvalue weighted by Crippen LogP contribution is 2.37. The normalized spacial score (nSPS) is 23.2. The maximum Gasteiger partial charge on any atom is 0.207 e. The number of hydrogen-bond donors (Lipinski definition) is 0. The standard InChI is InChI=1S/C8H6O3S/c1-5(9)7-4-6-2-3-8(7)12(6,10)11/h2-4H,1H3. The third-order valence-corrected chi connectivity index (χ3v) is 3.74. The molecule has 0 unspecified atom stereocenters. The smallest absolute Gasteiger partial charge is 0.207 e. The molecule has 0 aromatic carbocycles. The molecule has 2 rings (SSSR count). The lowest BCUT2D eigenvalue weighted by Gasteiger charge is -1.93. The zero-order valence-electron chi connectivity index (χ0n) is 6.37. The molecule has 2 aliphatic heterocycles. The molecule has 0 amide bonds. The molecule has 0 radical (unpaired) electrons. The Morgan fingerprint density at radius 1 is 1.33 bits per heavy atom. The minimum Gasteiger partial charge on any atom is -0.294 e. The Morgan fingerprint density at radius 3 is 2.25 bits per heavy atom. The average molecular weight is 182 g/mol. The number of hydrogen-bond acceptors (Lipinski definition) is 3. The van der Waals surface area contributed by atoms with E-state index in [9.17, 15) is 13.2 Å². The van der Waals surface area contributed by atoms with Crippen LogP contribution >= 0.6 is 0 Å². The first kappa shape index (κ1) is 7.49. The number of ketones is 1. The summed E-state index contributed by atoms with van der Waals surface area (Å²) in [5, 5.41) is 0. The Bertz CT molecular complexity index is 461. The molecule has 2 aliphatic rings. The molecule has 0 saturated carbocycles. The topological polar surface area (TPSA) is 51.2 Å². The highest BCUT2D eigenvalue weighted by molar-refractivity contribution is 8.00. The van der Waals surface area contributed by atoms with E-state index in [-0.39, 0.29) is 15.6 Å². The molecule has 0 atom stereocenters. The van der Waals surface area contributed by atoms with Crippen molar-refractivity contribution in [3.8, 4) is 0 Å². The summed E-state index contributed by atoms with van der Waals surface area (Å²) in [4.78, 5) is 11.3. The lowest BCUT2D eigenvalue weighted by atomic mass is 10.1. The predicted octanol–water partition coefficient (Wildman–Crippen LogP) is 0.712. The van der Waals surface area contributed by atoms with Crippen LogP contribution in [0.5, 0.6) is 0 Å². The van der Waals surface area contributed by atoms with Gasteiger partial charge in [-0.25, -0.2) is 8.42 Å². The van der Waals surface area contributed by atoms with Gasteiger partial charge < -0.3 is 0 Å². The highest BCUT2D eigenvalue weighted by atomic mass is 32.2. The second-order valence-electron chi connectivity index (χ2n) is 2.72. The maximum absolute atomic E-state index is 11.3. The Balaban J connectivity index is 2.77. The Kier molecular flexibility index (Phi) is 1.22. The fraction of sp³-hybridized carbons (Fsp3) is 0.125. The van der Waals surface area contributed by atoms with Crippen molar-refractivity contribution in [3.05, 3.63) is 33.6 Å². The van der Waals surface area contributed by atoms with Crippen LogP contribution in [0.3, 0.4) is 0 Å². The van der Waals surface area contributed by atoms with Crippen molar-refractivity contribution >= 4 is 15.6 Å². The maximum atomic E-state index is 11.3. The average Bonchev–Trinajstić information content (AvgIpc) is 2.40. The van der Waals surface area contributed by atoms with E-state index in [0.717, 1.165) is 0 Å². The first-order valence-electron chi connectivity index (χ1n) is 3.43. The van der Waals surface area contributed by atoms with E-state index in [0.29, 0.717) is 5.57 Å². The fourth-order valence-electron chi connectivity index (χ4n) is 1.31. The van der Waals surface area contributed by atoms with Crippen LogP contribution in [-0.2, 0) is 14.6 Å². The van der Waals surface area contributed by atoms with Crippen molar-refractivity contribution in [2.24, 2.45) is 0 Å². The van der Waals surface area contributed by atoms with Crippen molar-refractivity contribution in [2.75, 3.05) is 0 Å². The number of fused-ring (bicyclic) bond motifs is 2. The number of carbonyl (C=O) groups excluding carboxylic acids is 1. The van der Waals surface area contributed by atoms with Crippen molar-refractivity contribution in [2.45, 2.75) is 6.92 Å². The third kappa shape index (κ3) is 0.701. The SMILES string of the molecule is CC(=O)C1=C2C=CC(=C1)S2(=O)=O. The summed E-state index contributed by atoms with van der Waals surface area (Å²) in [6, 6.07) is 0. The Morgan fingerprint density at radius 2 is 2.00 bits per heavy atom. The summed E-state index contributed by atoms with van der Waals surface area (Å²) in [5.41, 5.74) is 0.313. The van der Waals surface area contributed by atoms with E-state index < -0.39 is 9.84 Å². The van der Waals surface area contributed by atoms with Crippen LogP contribution in [0.2, 0.25) is 0 Å².